The van der Waals surface area contributed by atoms with Crippen molar-refractivity contribution < 1.29 is 9.52 Å². The summed E-state index contributed by atoms with van der Waals surface area (Å²) in [5.74, 6) is 2.05. The second kappa shape index (κ2) is 5.59. The highest BCUT2D eigenvalue weighted by atomic mass is 16.4. The van der Waals surface area contributed by atoms with Gasteiger partial charge in [-0.3, -0.25) is 4.90 Å². The molecule has 0 unspecified atom stereocenters. The lowest BCUT2D eigenvalue weighted by Crippen LogP contribution is -2.31. The molecule has 2 fully saturated rings. The van der Waals surface area contributed by atoms with Crippen LogP contribution in [0.3, 0.4) is 0 Å². The van der Waals surface area contributed by atoms with Gasteiger partial charge in [-0.1, -0.05) is 19.3 Å². The molecule has 5 heteroatoms. The second-order valence-corrected chi connectivity index (χ2v) is 6.02. The van der Waals surface area contributed by atoms with Crippen molar-refractivity contribution in [2.24, 2.45) is 5.92 Å². The lowest BCUT2D eigenvalue weighted by Gasteiger charge is -2.29. The Morgan fingerprint density at radius 2 is 2.05 bits per heavy atom. The molecule has 1 aliphatic carbocycles. The van der Waals surface area contributed by atoms with Crippen LogP contribution in [-0.4, -0.2) is 39.4 Å². The standard InChI is InChI=1S/C14H23N3O2/c1-10-15-16-14(19-10)13-7-12(18)9-17(13)8-11-5-3-2-4-6-11/h11-13,18H,2-9H2,1H3/t12-,13-/m1/s1. The van der Waals surface area contributed by atoms with Gasteiger partial charge in [0.15, 0.2) is 0 Å². The van der Waals surface area contributed by atoms with Gasteiger partial charge in [0.2, 0.25) is 11.8 Å². The average Bonchev–Trinajstić information content (AvgIpc) is 2.97. The molecule has 5 nitrogen and oxygen atoms in total. The smallest absolute Gasteiger partial charge is 0.233 e. The minimum atomic E-state index is -0.263. The minimum Gasteiger partial charge on any atom is -0.424 e. The molecule has 2 atom stereocenters. The van der Waals surface area contributed by atoms with E-state index < -0.39 is 0 Å². The normalized spacial score (nSPS) is 30.0. The molecule has 1 saturated carbocycles. The van der Waals surface area contributed by atoms with Crippen LogP contribution in [-0.2, 0) is 0 Å². The first-order valence-corrected chi connectivity index (χ1v) is 7.44. The Labute approximate surface area is 114 Å². The zero-order valence-electron chi connectivity index (χ0n) is 11.6. The molecule has 0 spiro atoms. The lowest BCUT2D eigenvalue weighted by atomic mass is 9.89. The van der Waals surface area contributed by atoms with E-state index in [-0.39, 0.29) is 12.1 Å². The van der Waals surface area contributed by atoms with Gasteiger partial charge in [0.1, 0.15) is 0 Å². The van der Waals surface area contributed by atoms with E-state index in [2.05, 4.69) is 15.1 Å². The first-order valence-electron chi connectivity index (χ1n) is 7.44. The summed E-state index contributed by atoms with van der Waals surface area (Å²) in [4.78, 5) is 2.34. The van der Waals surface area contributed by atoms with Gasteiger partial charge in [-0.25, -0.2) is 0 Å². The van der Waals surface area contributed by atoms with Crippen molar-refractivity contribution in [3.05, 3.63) is 11.8 Å². The Balaban J connectivity index is 1.67. The van der Waals surface area contributed by atoms with Crippen LogP contribution in [0.4, 0.5) is 0 Å². The SMILES string of the molecule is Cc1nnc([C@H]2C[C@@H](O)CN2CC2CCCCC2)o1. The summed E-state index contributed by atoms with van der Waals surface area (Å²) in [6, 6.07) is 0.109. The Hall–Kier alpha value is -0.940. The first-order chi connectivity index (χ1) is 9.22. The highest BCUT2D eigenvalue weighted by Gasteiger charge is 2.36. The summed E-state index contributed by atoms with van der Waals surface area (Å²) in [6.07, 6.45) is 7.18. The van der Waals surface area contributed by atoms with Crippen molar-refractivity contribution in [3.63, 3.8) is 0 Å². The molecular formula is C14H23N3O2. The largest absolute Gasteiger partial charge is 0.424 e. The van der Waals surface area contributed by atoms with E-state index in [1.54, 1.807) is 0 Å². The van der Waals surface area contributed by atoms with E-state index >= 15 is 0 Å². The fraction of sp³-hybridized carbons (Fsp3) is 0.857. The van der Waals surface area contributed by atoms with Gasteiger partial charge in [-0.15, -0.1) is 10.2 Å². The number of aromatic nitrogens is 2. The highest BCUT2D eigenvalue weighted by molar-refractivity contribution is 4.97. The van der Waals surface area contributed by atoms with Crippen LogP contribution < -0.4 is 0 Å². The Bertz CT molecular complexity index is 415. The van der Waals surface area contributed by atoms with Crippen LogP contribution in [0.15, 0.2) is 4.42 Å². The summed E-state index contributed by atoms with van der Waals surface area (Å²) in [7, 11) is 0. The van der Waals surface area contributed by atoms with Crippen LogP contribution in [0.2, 0.25) is 0 Å². The Morgan fingerprint density at radius 1 is 1.26 bits per heavy atom. The number of aliphatic hydroxyl groups excluding tert-OH is 1. The van der Waals surface area contributed by atoms with Crippen molar-refractivity contribution in [3.8, 4) is 0 Å². The third kappa shape index (κ3) is 2.98. The predicted octanol–water partition coefficient (Wildman–Crippen LogP) is 2.07. The number of nitrogens with zero attached hydrogens (tertiary/aromatic N) is 3. The summed E-state index contributed by atoms with van der Waals surface area (Å²) in [5, 5.41) is 18.0. The van der Waals surface area contributed by atoms with Crippen molar-refractivity contribution in [1.82, 2.24) is 15.1 Å². The monoisotopic (exact) mass is 265 g/mol. The molecule has 1 saturated heterocycles. The summed E-state index contributed by atoms with van der Waals surface area (Å²) >= 11 is 0. The van der Waals surface area contributed by atoms with Crippen LogP contribution in [0, 0.1) is 12.8 Å². The predicted molar refractivity (Wildman–Crippen MR) is 70.5 cm³/mol. The summed E-state index contributed by atoms with van der Waals surface area (Å²) < 4.78 is 5.56. The molecule has 1 aromatic rings. The third-order valence-electron chi connectivity index (χ3n) is 4.43. The molecule has 106 valence electrons. The number of hydrogen-bond donors (Lipinski definition) is 1. The van der Waals surface area contributed by atoms with Gasteiger partial charge in [0.05, 0.1) is 12.1 Å². The zero-order chi connectivity index (χ0) is 13.2. The number of aliphatic hydroxyl groups is 1. The average molecular weight is 265 g/mol. The molecular weight excluding hydrogens is 242 g/mol. The molecule has 2 heterocycles. The summed E-state index contributed by atoms with van der Waals surface area (Å²) in [6.45, 7) is 3.61. The topological polar surface area (TPSA) is 62.4 Å². The number of aryl methyl sites for hydroxylation is 1. The van der Waals surface area contributed by atoms with Gasteiger partial charge >= 0.3 is 0 Å². The highest BCUT2D eigenvalue weighted by Crippen LogP contribution is 2.34. The number of β-amino-alcohol motifs (C(OH)–C–C–N with tert-alkyl or cyclic N) is 1. The molecule has 3 rings (SSSR count). The van der Waals surface area contributed by atoms with Crippen molar-refractivity contribution in [2.45, 2.75) is 57.6 Å². The van der Waals surface area contributed by atoms with E-state index in [0.717, 1.165) is 19.0 Å². The molecule has 1 aliphatic heterocycles. The van der Waals surface area contributed by atoms with Gasteiger partial charge < -0.3 is 9.52 Å². The van der Waals surface area contributed by atoms with E-state index in [9.17, 15) is 5.11 Å². The van der Waals surface area contributed by atoms with Crippen molar-refractivity contribution in [2.75, 3.05) is 13.1 Å². The van der Waals surface area contributed by atoms with Gasteiger partial charge in [0.25, 0.3) is 0 Å². The quantitative estimate of drug-likeness (QED) is 0.906. The fourth-order valence-corrected chi connectivity index (χ4v) is 3.49. The molecule has 0 amide bonds. The Morgan fingerprint density at radius 3 is 2.74 bits per heavy atom. The molecule has 0 radical (unpaired) electrons. The maximum absolute atomic E-state index is 9.94. The maximum Gasteiger partial charge on any atom is 0.233 e. The van der Waals surface area contributed by atoms with Gasteiger partial charge in [-0.05, 0) is 25.2 Å². The van der Waals surface area contributed by atoms with Crippen LogP contribution >= 0.6 is 0 Å². The molecule has 0 aromatic carbocycles. The lowest BCUT2D eigenvalue weighted by molar-refractivity contribution is 0.149. The van der Waals surface area contributed by atoms with E-state index in [4.69, 9.17) is 4.42 Å². The molecule has 2 aliphatic rings. The number of likely N-dealkylation sites (tertiary alicyclic amines) is 1. The van der Waals surface area contributed by atoms with E-state index in [1.165, 1.54) is 32.1 Å². The molecule has 1 N–H and O–H groups in total. The van der Waals surface area contributed by atoms with E-state index in [0.29, 0.717) is 18.2 Å². The van der Waals surface area contributed by atoms with Gasteiger partial charge in [-0.2, -0.15) is 0 Å². The van der Waals surface area contributed by atoms with Crippen molar-refractivity contribution >= 4 is 0 Å². The van der Waals surface area contributed by atoms with Crippen LogP contribution in [0.1, 0.15) is 56.3 Å². The minimum absolute atomic E-state index is 0.109. The summed E-state index contributed by atoms with van der Waals surface area (Å²) in [5.41, 5.74) is 0. The molecule has 1 aromatic heterocycles. The second-order valence-electron chi connectivity index (χ2n) is 6.02. The fourth-order valence-electron chi connectivity index (χ4n) is 3.49. The Kier molecular flexibility index (Phi) is 3.84. The number of hydrogen-bond acceptors (Lipinski definition) is 5. The first kappa shape index (κ1) is 13.1. The molecule has 0 bridgehead atoms. The van der Waals surface area contributed by atoms with E-state index in [1.807, 2.05) is 6.92 Å². The van der Waals surface area contributed by atoms with Crippen LogP contribution in [0.5, 0.6) is 0 Å². The van der Waals surface area contributed by atoms with Gasteiger partial charge in [0, 0.05) is 20.0 Å². The molecule has 19 heavy (non-hydrogen) atoms. The zero-order valence-corrected chi connectivity index (χ0v) is 11.6. The number of rotatable bonds is 3. The third-order valence-corrected chi connectivity index (χ3v) is 4.43. The van der Waals surface area contributed by atoms with Crippen LogP contribution in [0.25, 0.3) is 0 Å². The maximum atomic E-state index is 9.94. The van der Waals surface area contributed by atoms with Crippen molar-refractivity contribution in [1.29, 1.82) is 0 Å².